The van der Waals surface area contributed by atoms with Gasteiger partial charge in [0.05, 0.1) is 13.2 Å². The van der Waals surface area contributed by atoms with Gasteiger partial charge in [0.2, 0.25) is 5.91 Å². The van der Waals surface area contributed by atoms with Crippen LogP contribution >= 0.6 is 0 Å². The van der Waals surface area contributed by atoms with Crippen LogP contribution in [0.25, 0.3) is 0 Å². The molecule has 0 saturated carbocycles. The van der Waals surface area contributed by atoms with E-state index < -0.39 is 11.2 Å². The number of aliphatic hydroxyl groups is 1. The molecule has 0 spiro atoms. The number of rotatable bonds is 0. The Morgan fingerprint density at radius 3 is 2.53 bits per heavy atom. The van der Waals surface area contributed by atoms with Crippen LogP contribution in [0.5, 0.6) is 0 Å². The summed E-state index contributed by atoms with van der Waals surface area (Å²) in [5, 5.41) is 10.3. The quantitative estimate of drug-likeness (QED) is 0.645. The van der Waals surface area contributed by atoms with Crippen molar-refractivity contribution in [2.24, 2.45) is 5.41 Å². The fraction of sp³-hybridized carbons (Fsp3) is 0.909. The molecule has 0 bridgehead atoms. The molecular formula is C11H19NO3. The smallest absolute Gasteiger partial charge is 0.234 e. The van der Waals surface area contributed by atoms with Gasteiger partial charge in [-0.1, -0.05) is 0 Å². The summed E-state index contributed by atoms with van der Waals surface area (Å²) in [5.41, 5.74) is -1.01. The highest BCUT2D eigenvalue weighted by Crippen LogP contribution is 2.50. The number of amides is 1. The first-order valence-electron chi connectivity index (χ1n) is 5.39. The molecule has 2 rings (SSSR count). The Morgan fingerprint density at radius 2 is 2.07 bits per heavy atom. The van der Waals surface area contributed by atoms with Crippen molar-refractivity contribution >= 4 is 5.91 Å². The Kier molecular flexibility index (Phi) is 1.99. The molecule has 0 aliphatic carbocycles. The third kappa shape index (κ3) is 1.24. The first-order valence-corrected chi connectivity index (χ1v) is 5.39. The van der Waals surface area contributed by atoms with Crippen molar-refractivity contribution in [3.05, 3.63) is 0 Å². The molecule has 86 valence electrons. The number of ether oxygens (including phenoxy) is 1. The number of nitrogens with zero attached hydrogens (tertiary/aromatic N) is 1. The van der Waals surface area contributed by atoms with Gasteiger partial charge >= 0.3 is 0 Å². The topological polar surface area (TPSA) is 49.8 Å². The van der Waals surface area contributed by atoms with Crippen LogP contribution in [0.2, 0.25) is 0 Å². The zero-order chi connectivity index (χ0) is 11.5. The van der Waals surface area contributed by atoms with Crippen molar-refractivity contribution in [3.63, 3.8) is 0 Å². The molecule has 1 amide bonds. The highest BCUT2D eigenvalue weighted by atomic mass is 16.6. The lowest BCUT2D eigenvalue weighted by atomic mass is 9.82. The molecule has 0 aromatic heterocycles. The van der Waals surface area contributed by atoms with Gasteiger partial charge in [0.15, 0.2) is 5.79 Å². The lowest BCUT2D eigenvalue weighted by Gasteiger charge is -2.33. The Morgan fingerprint density at radius 1 is 1.47 bits per heavy atom. The van der Waals surface area contributed by atoms with Gasteiger partial charge in [-0.25, -0.2) is 0 Å². The number of hydrogen-bond acceptors (Lipinski definition) is 3. The largest absolute Gasteiger partial charge is 0.363 e. The van der Waals surface area contributed by atoms with Crippen LogP contribution in [0.4, 0.5) is 0 Å². The number of β-amino-alcohol motifs (C(OH)–C–C–N with tert-alkyl or cyclic N) is 1. The fourth-order valence-electron chi connectivity index (χ4n) is 2.40. The van der Waals surface area contributed by atoms with E-state index in [1.54, 1.807) is 11.8 Å². The van der Waals surface area contributed by atoms with E-state index in [9.17, 15) is 9.90 Å². The monoisotopic (exact) mass is 213 g/mol. The zero-order valence-electron chi connectivity index (χ0n) is 9.83. The van der Waals surface area contributed by atoms with Gasteiger partial charge in [0.1, 0.15) is 5.41 Å². The van der Waals surface area contributed by atoms with Crippen molar-refractivity contribution in [1.82, 2.24) is 4.90 Å². The van der Waals surface area contributed by atoms with Gasteiger partial charge in [-0.3, -0.25) is 4.79 Å². The highest BCUT2D eigenvalue weighted by molar-refractivity contribution is 5.87. The molecule has 2 fully saturated rings. The molecule has 0 aromatic carbocycles. The Bertz CT molecular complexity index is 309. The summed E-state index contributed by atoms with van der Waals surface area (Å²) in [6.07, 6.45) is 0.606. The molecule has 2 saturated heterocycles. The van der Waals surface area contributed by atoms with E-state index in [0.29, 0.717) is 13.0 Å². The van der Waals surface area contributed by atoms with E-state index in [4.69, 9.17) is 4.74 Å². The fourth-order valence-corrected chi connectivity index (χ4v) is 2.40. The van der Waals surface area contributed by atoms with E-state index in [1.807, 2.05) is 20.8 Å². The van der Waals surface area contributed by atoms with Crippen LogP contribution in [0, 0.1) is 5.41 Å². The lowest BCUT2D eigenvalue weighted by molar-refractivity contribution is -0.201. The molecule has 2 aliphatic rings. The Labute approximate surface area is 90.2 Å². The molecule has 15 heavy (non-hydrogen) atoms. The zero-order valence-corrected chi connectivity index (χ0v) is 9.83. The van der Waals surface area contributed by atoms with Gasteiger partial charge in [-0.05, 0) is 34.1 Å². The van der Waals surface area contributed by atoms with Gasteiger partial charge in [0.25, 0.3) is 0 Å². The van der Waals surface area contributed by atoms with Gasteiger partial charge in [-0.2, -0.15) is 0 Å². The second kappa shape index (κ2) is 2.74. The maximum Gasteiger partial charge on any atom is 0.234 e. The molecular weight excluding hydrogens is 194 g/mol. The van der Waals surface area contributed by atoms with Crippen LogP contribution in [0.15, 0.2) is 0 Å². The summed E-state index contributed by atoms with van der Waals surface area (Å²) in [6.45, 7) is 8.46. The maximum absolute atomic E-state index is 12.2. The van der Waals surface area contributed by atoms with Gasteiger partial charge < -0.3 is 14.7 Å². The van der Waals surface area contributed by atoms with E-state index in [-0.39, 0.29) is 18.0 Å². The summed E-state index contributed by atoms with van der Waals surface area (Å²) in [6, 6.07) is 0. The molecule has 2 atom stereocenters. The number of carbonyl (C=O) groups excluding carboxylic acids is 1. The minimum Gasteiger partial charge on any atom is -0.363 e. The number of carbonyl (C=O) groups is 1. The number of hydrogen-bond donors (Lipinski definition) is 1. The van der Waals surface area contributed by atoms with Crippen LogP contribution in [0.3, 0.4) is 0 Å². The van der Waals surface area contributed by atoms with Crippen molar-refractivity contribution in [2.75, 3.05) is 13.2 Å². The molecule has 4 nitrogen and oxygen atoms in total. The summed E-state index contributed by atoms with van der Waals surface area (Å²) in [7, 11) is 0. The molecule has 4 heteroatoms. The first kappa shape index (κ1) is 10.9. The third-order valence-electron chi connectivity index (χ3n) is 3.70. The van der Waals surface area contributed by atoms with Crippen molar-refractivity contribution < 1.29 is 14.6 Å². The van der Waals surface area contributed by atoms with Crippen molar-refractivity contribution in [1.29, 1.82) is 0 Å². The molecule has 0 radical (unpaired) electrons. The predicted molar refractivity (Wildman–Crippen MR) is 55.1 cm³/mol. The third-order valence-corrected chi connectivity index (χ3v) is 3.70. The lowest BCUT2D eigenvalue weighted by Crippen LogP contribution is -2.45. The number of fused-ring (bicyclic) bond motifs is 1. The Balaban J connectivity index is 2.37. The SMILES string of the molecule is CC(C)(C)N1C[C@]2(O)OCC[C@@]2(C)C1=O. The summed E-state index contributed by atoms with van der Waals surface area (Å²) < 4.78 is 5.36. The molecule has 1 N–H and O–H groups in total. The van der Waals surface area contributed by atoms with Gasteiger partial charge in [0, 0.05) is 5.54 Å². The average Bonchev–Trinajstić information content (AvgIpc) is 2.46. The van der Waals surface area contributed by atoms with Crippen LogP contribution in [-0.4, -0.2) is 40.4 Å². The average molecular weight is 213 g/mol. The van der Waals surface area contributed by atoms with Crippen LogP contribution in [0.1, 0.15) is 34.1 Å². The van der Waals surface area contributed by atoms with Crippen LogP contribution in [-0.2, 0) is 9.53 Å². The van der Waals surface area contributed by atoms with E-state index >= 15 is 0 Å². The summed E-state index contributed by atoms with van der Waals surface area (Å²) >= 11 is 0. The number of likely N-dealkylation sites (tertiary alicyclic amines) is 1. The highest BCUT2D eigenvalue weighted by Gasteiger charge is 2.65. The predicted octanol–water partition coefficient (Wildman–Crippen LogP) is 0.742. The van der Waals surface area contributed by atoms with Crippen molar-refractivity contribution in [2.45, 2.75) is 45.4 Å². The van der Waals surface area contributed by atoms with Crippen LogP contribution < -0.4 is 0 Å². The second-order valence-electron chi connectivity index (χ2n) is 5.78. The van der Waals surface area contributed by atoms with E-state index in [2.05, 4.69) is 0 Å². The molecule has 2 heterocycles. The normalized spacial score (nSPS) is 41.1. The van der Waals surface area contributed by atoms with E-state index in [0.717, 1.165) is 0 Å². The molecule has 2 aliphatic heterocycles. The maximum atomic E-state index is 12.2. The van der Waals surface area contributed by atoms with Crippen molar-refractivity contribution in [3.8, 4) is 0 Å². The summed E-state index contributed by atoms with van der Waals surface area (Å²) in [4.78, 5) is 14.0. The second-order valence-corrected chi connectivity index (χ2v) is 5.78. The Hall–Kier alpha value is -0.610. The first-order chi connectivity index (χ1) is 6.71. The van der Waals surface area contributed by atoms with Gasteiger partial charge in [-0.15, -0.1) is 0 Å². The minimum atomic E-state index is -1.28. The summed E-state index contributed by atoms with van der Waals surface area (Å²) in [5.74, 6) is -1.27. The van der Waals surface area contributed by atoms with E-state index in [1.165, 1.54) is 0 Å². The molecule has 0 unspecified atom stereocenters. The molecule has 0 aromatic rings. The standard InChI is InChI=1S/C11H19NO3/c1-9(2,3)12-7-11(14)10(4,8(12)13)5-6-15-11/h14H,5-7H2,1-4H3/t10-,11-/m0/s1. The minimum absolute atomic E-state index is 0.00926.